The molecule has 1 saturated heterocycles. The fourth-order valence-electron chi connectivity index (χ4n) is 3.31. The number of hydrogen-bond donors (Lipinski definition) is 1. The number of carbonyl (C=O) groups is 2. The molecule has 6 unspecified atom stereocenters. The van der Waals surface area contributed by atoms with E-state index in [0.29, 0.717) is 0 Å². The second kappa shape index (κ2) is 3.66. The number of hydrogen-bond acceptors (Lipinski definition) is 3. The molecule has 4 nitrogen and oxygen atoms in total. The summed E-state index contributed by atoms with van der Waals surface area (Å²) in [5.74, 6) is -1.87. The Labute approximate surface area is 114 Å². The summed E-state index contributed by atoms with van der Waals surface area (Å²) in [7, 11) is 0. The van der Waals surface area contributed by atoms with Crippen molar-refractivity contribution in [3.63, 3.8) is 0 Å². The Balaban J connectivity index is 0.000000853. The van der Waals surface area contributed by atoms with Crippen molar-refractivity contribution in [3.05, 3.63) is 0 Å². The van der Waals surface area contributed by atoms with Gasteiger partial charge in [0.25, 0.3) is 0 Å². The summed E-state index contributed by atoms with van der Waals surface area (Å²) >= 11 is 3.44. The number of aliphatic carboxylic acids is 1. The first-order valence-electron chi connectivity index (χ1n) is 4.68. The van der Waals surface area contributed by atoms with Crippen molar-refractivity contribution in [2.45, 2.75) is 17.4 Å². The topological polar surface area (TPSA) is 63.6 Å². The molecule has 2 aliphatic carbocycles. The summed E-state index contributed by atoms with van der Waals surface area (Å²) in [4.78, 5) is 22.5. The molecule has 0 spiro atoms. The summed E-state index contributed by atoms with van der Waals surface area (Å²) in [6.45, 7) is 0. The van der Waals surface area contributed by atoms with E-state index in [9.17, 15) is 9.59 Å². The van der Waals surface area contributed by atoms with Crippen LogP contribution in [0.25, 0.3) is 0 Å². The van der Waals surface area contributed by atoms with Crippen LogP contribution in [0.2, 0.25) is 0 Å². The predicted octanol–water partition coefficient (Wildman–Crippen LogP) is 0.639. The maximum Gasteiger partial charge on any atom is 0.310 e. The van der Waals surface area contributed by atoms with Crippen LogP contribution in [0.5, 0.6) is 0 Å². The molecule has 1 N–H and O–H groups in total. The first-order valence-corrected chi connectivity index (χ1v) is 5.60. The Morgan fingerprint density at radius 2 is 2.13 bits per heavy atom. The van der Waals surface area contributed by atoms with Crippen LogP contribution in [0.4, 0.5) is 0 Å². The molecule has 0 aromatic rings. The van der Waals surface area contributed by atoms with Crippen LogP contribution in [-0.4, -0.2) is 28.0 Å². The van der Waals surface area contributed by atoms with Gasteiger partial charge in [-0.3, -0.25) is 9.59 Å². The van der Waals surface area contributed by atoms with Crippen LogP contribution in [0, 0.1) is 23.7 Å². The zero-order chi connectivity index (χ0) is 10.0. The molecule has 6 heteroatoms. The molecular formula is C9H9BrO4Zr. The molecule has 2 bridgehead atoms. The van der Waals surface area contributed by atoms with Crippen molar-refractivity contribution < 1.29 is 45.6 Å². The number of carboxylic acid groups (broad SMARTS) is 1. The first-order chi connectivity index (χ1) is 6.61. The number of fused-ring (bicyclic) bond motifs is 1. The number of carboxylic acids is 1. The van der Waals surface area contributed by atoms with E-state index >= 15 is 0 Å². The maximum atomic E-state index is 11.4. The van der Waals surface area contributed by atoms with Crippen LogP contribution in [-0.2, 0) is 40.5 Å². The SMILES string of the molecule is O=C(O)C1C2CC3C(OC(=O)C31)C2Br.[Zr]. The zero-order valence-electron chi connectivity index (χ0n) is 7.72. The summed E-state index contributed by atoms with van der Waals surface area (Å²) in [6.07, 6.45) is 0.738. The summed E-state index contributed by atoms with van der Waals surface area (Å²) in [6, 6.07) is 0. The van der Waals surface area contributed by atoms with E-state index < -0.39 is 11.9 Å². The van der Waals surface area contributed by atoms with Crippen LogP contribution in [0.1, 0.15) is 6.42 Å². The van der Waals surface area contributed by atoms with Crippen LogP contribution >= 0.6 is 15.9 Å². The molecule has 0 amide bonds. The standard InChI is InChI=1S/C9H9BrO4.Zr/c10-6-2-1-3-5(4(2)8(11)12)9(13)14-7(3)6;/h2-7H,1H2,(H,11,12);. The molecule has 0 radical (unpaired) electrons. The van der Waals surface area contributed by atoms with Gasteiger partial charge in [-0.1, -0.05) is 15.9 Å². The largest absolute Gasteiger partial charge is 0.481 e. The van der Waals surface area contributed by atoms with Gasteiger partial charge in [-0.25, -0.2) is 0 Å². The Morgan fingerprint density at radius 1 is 1.47 bits per heavy atom. The van der Waals surface area contributed by atoms with Crippen molar-refractivity contribution >= 4 is 27.9 Å². The fourth-order valence-corrected chi connectivity index (χ4v) is 4.35. The van der Waals surface area contributed by atoms with Gasteiger partial charge in [-0.15, -0.1) is 0 Å². The molecule has 3 rings (SSSR count). The maximum absolute atomic E-state index is 11.4. The molecule has 1 aliphatic heterocycles. The Bertz CT molecular complexity index is 334. The molecule has 1 heterocycles. The monoisotopic (exact) mass is 350 g/mol. The fraction of sp³-hybridized carbons (Fsp3) is 0.778. The molecule has 6 atom stereocenters. The normalized spacial score (nSPS) is 50.1. The van der Waals surface area contributed by atoms with E-state index in [2.05, 4.69) is 15.9 Å². The van der Waals surface area contributed by atoms with Gasteiger partial charge in [0.2, 0.25) is 0 Å². The molecule has 80 valence electrons. The third-order valence-corrected chi connectivity index (χ3v) is 5.01. The van der Waals surface area contributed by atoms with E-state index in [1.807, 2.05) is 0 Å². The molecule has 2 saturated carbocycles. The third-order valence-electron chi connectivity index (χ3n) is 3.81. The molecule has 3 aliphatic rings. The Morgan fingerprint density at radius 3 is 2.73 bits per heavy atom. The molecule has 3 fully saturated rings. The predicted molar refractivity (Wildman–Crippen MR) is 48.8 cm³/mol. The average molecular weight is 352 g/mol. The molecule has 0 aromatic carbocycles. The third kappa shape index (κ3) is 1.33. The van der Waals surface area contributed by atoms with E-state index in [0.717, 1.165) is 6.42 Å². The average Bonchev–Trinajstić information content (AvgIpc) is 2.67. The van der Waals surface area contributed by atoms with Crippen molar-refractivity contribution in [1.29, 1.82) is 0 Å². The molecule has 15 heavy (non-hydrogen) atoms. The van der Waals surface area contributed by atoms with Crippen LogP contribution in [0.3, 0.4) is 0 Å². The summed E-state index contributed by atoms with van der Waals surface area (Å²) in [5.41, 5.74) is 0. The summed E-state index contributed by atoms with van der Waals surface area (Å²) in [5, 5.41) is 9.06. The minimum Gasteiger partial charge on any atom is -0.481 e. The minimum atomic E-state index is -0.857. The smallest absolute Gasteiger partial charge is 0.310 e. The number of alkyl halides is 1. The number of esters is 1. The quantitative estimate of drug-likeness (QED) is 0.556. The molecular weight excluding hydrogens is 343 g/mol. The van der Waals surface area contributed by atoms with Crippen molar-refractivity contribution in [1.82, 2.24) is 0 Å². The Kier molecular flexibility index (Phi) is 2.87. The zero-order valence-corrected chi connectivity index (χ0v) is 11.8. The van der Waals surface area contributed by atoms with Gasteiger partial charge in [0.15, 0.2) is 0 Å². The van der Waals surface area contributed by atoms with Gasteiger partial charge in [-0.05, 0) is 12.3 Å². The van der Waals surface area contributed by atoms with Gasteiger partial charge in [-0.2, -0.15) is 0 Å². The second-order valence-electron chi connectivity index (χ2n) is 4.30. The van der Waals surface area contributed by atoms with Gasteiger partial charge < -0.3 is 9.84 Å². The van der Waals surface area contributed by atoms with Gasteiger partial charge in [0, 0.05) is 32.1 Å². The number of rotatable bonds is 1. The number of carbonyl (C=O) groups excluding carboxylic acids is 1. The van der Waals surface area contributed by atoms with E-state index in [4.69, 9.17) is 9.84 Å². The van der Waals surface area contributed by atoms with Crippen molar-refractivity contribution in [3.8, 4) is 0 Å². The number of ether oxygens (including phenoxy) is 1. The van der Waals surface area contributed by atoms with Crippen molar-refractivity contribution in [2.75, 3.05) is 0 Å². The molecule has 0 aromatic heterocycles. The van der Waals surface area contributed by atoms with Crippen LogP contribution in [0.15, 0.2) is 0 Å². The van der Waals surface area contributed by atoms with Crippen LogP contribution < -0.4 is 0 Å². The van der Waals surface area contributed by atoms with Gasteiger partial charge in [0.05, 0.1) is 16.7 Å². The van der Waals surface area contributed by atoms with Crippen molar-refractivity contribution in [2.24, 2.45) is 23.7 Å². The number of halogens is 1. The Hall–Kier alpha value is 0.303. The van der Waals surface area contributed by atoms with Gasteiger partial charge in [0.1, 0.15) is 6.10 Å². The van der Waals surface area contributed by atoms with E-state index in [1.165, 1.54) is 0 Å². The summed E-state index contributed by atoms with van der Waals surface area (Å²) < 4.78 is 5.18. The first kappa shape index (κ1) is 11.8. The second-order valence-corrected chi connectivity index (χ2v) is 5.36. The van der Waals surface area contributed by atoms with E-state index in [1.54, 1.807) is 0 Å². The van der Waals surface area contributed by atoms with Gasteiger partial charge >= 0.3 is 11.9 Å². The van der Waals surface area contributed by atoms with E-state index in [-0.39, 0.29) is 60.9 Å². The minimum absolute atomic E-state index is 0.